The van der Waals surface area contributed by atoms with Gasteiger partial charge in [0, 0.05) is 12.1 Å². The molecular weight excluding hydrogens is 230 g/mol. The number of nitrogens with zero attached hydrogens (tertiary/aromatic N) is 1. The van der Waals surface area contributed by atoms with Crippen molar-refractivity contribution in [2.45, 2.75) is 79.2 Å². The average molecular weight is 265 g/mol. The summed E-state index contributed by atoms with van der Waals surface area (Å²) in [5.41, 5.74) is 0.898. The summed E-state index contributed by atoms with van der Waals surface area (Å²) in [7, 11) is 0. The third-order valence-electron chi connectivity index (χ3n) is 5.84. The molecule has 1 unspecified atom stereocenters. The molecule has 112 valence electrons. The molecule has 0 N–H and O–H groups in total. The van der Waals surface area contributed by atoms with Crippen LogP contribution in [0.1, 0.15) is 73.6 Å². The highest BCUT2D eigenvalue weighted by molar-refractivity contribution is 4.90. The SMILES string of the molecule is CC(C)(C)C1CCC(C2CCN(C(C)(C)C)C2)CC1. The highest BCUT2D eigenvalue weighted by atomic mass is 15.2. The maximum absolute atomic E-state index is 2.70. The van der Waals surface area contributed by atoms with Gasteiger partial charge in [-0.15, -0.1) is 0 Å². The van der Waals surface area contributed by atoms with Gasteiger partial charge in [-0.1, -0.05) is 20.8 Å². The van der Waals surface area contributed by atoms with Crippen LogP contribution in [-0.4, -0.2) is 23.5 Å². The smallest absolute Gasteiger partial charge is 0.0125 e. The first-order chi connectivity index (χ1) is 8.68. The van der Waals surface area contributed by atoms with E-state index in [0.717, 1.165) is 17.8 Å². The van der Waals surface area contributed by atoms with E-state index in [0.29, 0.717) is 11.0 Å². The third kappa shape index (κ3) is 3.74. The van der Waals surface area contributed by atoms with Gasteiger partial charge in [-0.3, -0.25) is 4.90 Å². The second-order valence-electron chi connectivity index (χ2n) is 9.14. The Morgan fingerprint density at radius 3 is 1.74 bits per heavy atom. The summed E-state index contributed by atoms with van der Waals surface area (Å²) in [5, 5.41) is 0. The molecule has 0 amide bonds. The lowest BCUT2D eigenvalue weighted by Crippen LogP contribution is -2.40. The van der Waals surface area contributed by atoms with E-state index >= 15 is 0 Å². The Labute approximate surface area is 121 Å². The fraction of sp³-hybridized carbons (Fsp3) is 1.00. The van der Waals surface area contributed by atoms with Crippen molar-refractivity contribution in [3.05, 3.63) is 0 Å². The Hall–Kier alpha value is -0.0400. The van der Waals surface area contributed by atoms with Crippen LogP contribution in [0, 0.1) is 23.2 Å². The van der Waals surface area contributed by atoms with Crippen LogP contribution in [0.3, 0.4) is 0 Å². The summed E-state index contributed by atoms with van der Waals surface area (Å²) < 4.78 is 0. The lowest BCUT2D eigenvalue weighted by atomic mass is 9.67. The first kappa shape index (κ1) is 15.4. The van der Waals surface area contributed by atoms with Crippen LogP contribution in [0.15, 0.2) is 0 Å². The van der Waals surface area contributed by atoms with E-state index < -0.39 is 0 Å². The lowest BCUT2D eigenvalue weighted by molar-refractivity contribution is 0.114. The van der Waals surface area contributed by atoms with Crippen molar-refractivity contribution in [1.82, 2.24) is 4.90 Å². The highest BCUT2D eigenvalue weighted by Gasteiger charge is 2.37. The quantitative estimate of drug-likeness (QED) is 0.648. The molecule has 2 fully saturated rings. The molecule has 0 aromatic heterocycles. The summed E-state index contributed by atoms with van der Waals surface area (Å²) in [6.45, 7) is 17.1. The summed E-state index contributed by atoms with van der Waals surface area (Å²) in [6.07, 6.45) is 7.37. The normalized spacial score (nSPS) is 34.7. The fourth-order valence-electron chi connectivity index (χ4n) is 4.24. The van der Waals surface area contributed by atoms with Gasteiger partial charge in [0.05, 0.1) is 0 Å². The molecule has 1 aliphatic heterocycles. The molecule has 1 atom stereocenters. The molecule has 1 heteroatoms. The minimum absolute atomic E-state index is 0.372. The average Bonchev–Trinajstić information content (AvgIpc) is 2.77. The number of hydrogen-bond acceptors (Lipinski definition) is 1. The summed E-state index contributed by atoms with van der Waals surface area (Å²) >= 11 is 0. The molecule has 0 aromatic rings. The highest BCUT2D eigenvalue weighted by Crippen LogP contribution is 2.44. The lowest BCUT2D eigenvalue weighted by Gasteiger charge is -2.39. The van der Waals surface area contributed by atoms with Gasteiger partial charge in [0.1, 0.15) is 0 Å². The maximum Gasteiger partial charge on any atom is 0.0125 e. The van der Waals surface area contributed by atoms with Crippen LogP contribution in [0.2, 0.25) is 0 Å². The molecule has 0 spiro atoms. The summed E-state index contributed by atoms with van der Waals surface area (Å²) in [6, 6.07) is 0. The van der Waals surface area contributed by atoms with E-state index in [1.807, 2.05) is 0 Å². The number of hydrogen-bond donors (Lipinski definition) is 0. The maximum atomic E-state index is 2.70. The molecule has 1 saturated carbocycles. The molecule has 0 aromatic carbocycles. The molecule has 2 rings (SSSR count). The van der Waals surface area contributed by atoms with Gasteiger partial charge in [0.15, 0.2) is 0 Å². The van der Waals surface area contributed by atoms with Crippen LogP contribution in [0.5, 0.6) is 0 Å². The van der Waals surface area contributed by atoms with Crippen LogP contribution >= 0.6 is 0 Å². The predicted octanol–water partition coefficient (Wildman–Crippen LogP) is 4.96. The second-order valence-corrected chi connectivity index (χ2v) is 9.14. The van der Waals surface area contributed by atoms with Gasteiger partial charge >= 0.3 is 0 Å². The van der Waals surface area contributed by atoms with Crippen molar-refractivity contribution < 1.29 is 0 Å². The van der Waals surface area contributed by atoms with Gasteiger partial charge in [-0.25, -0.2) is 0 Å². The van der Waals surface area contributed by atoms with Gasteiger partial charge < -0.3 is 0 Å². The molecular formula is C18H35N. The van der Waals surface area contributed by atoms with Crippen LogP contribution in [0.25, 0.3) is 0 Å². The predicted molar refractivity (Wildman–Crippen MR) is 84.3 cm³/mol. The monoisotopic (exact) mass is 265 g/mol. The zero-order chi connectivity index (χ0) is 14.3. The molecule has 0 bridgehead atoms. The zero-order valence-corrected chi connectivity index (χ0v) is 14.1. The molecule has 19 heavy (non-hydrogen) atoms. The Balaban J connectivity index is 1.83. The van der Waals surface area contributed by atoms with Gasteiger partial charge in [-0.2, -0.15) is 0 Å². The largest absolute Gasteiger partial charge is 0.298 e. The summed E-state index contributed by atoms with van der Waals surface area (Å²) in [4.78, 5) is 2.70. The van der Waals surface area contributed by atoms with Crippen molar-refractivity contribution in [2.75, 3.05) is 13.1 Å². The van der Waals surface area contributed by atoms with Gasteiger partial charge in [0.25, 0.3) is 0 Å². The molecule has 2 aliphatic rings. The first-order valence-corrected chi connectivity index (χ1v) is 8.43. The van der Waals surface area contributed by atoms with Crippen molar-refractivity contribution in [1.29, 1.82) is 0 Å². The van der Waals surface area contributed by atoms with Crippen molar-refractivity contribution in [3.63, 3.8) is 0 Å². The van der Waals surface area contributed by atoms with E-state index in [2.05, 4.69) is 46.4 Å². The second kappa shape index (κ2) is 5.39. The van der Waals surface area contributed by atoms with Crippen molar-refractivity contribution in [2.24, 2.45) is 23.2 Å². The van der Waals surface area contributed by atoms with Crippen molar-refractivity contribution >= 4 is 0 Å². The number of likely N-dealkylation sites (tertiary alicyclic amines) is 1. The van der Waals surface area contributed by atoms with E-state index in [1.165, 1.54) is 45.2 Å². The topological polar surface area (TPSA) is 3.24 Å². The van der Waals surface area contributed by atoms with E-state index in [9.17, 15) is 0 Å². The van der Waals surface area contributed by atoms with E-state index in [4.69, 9.17) is 0 Å². The van der Waals surface area contributed by atoms with E-state index in [1.54, 1.807) is 0 Å². The molecule has 1 nitrogen and oxygen atoms in total. The van der Waals surface area contributed by atoms with Gasteiger partial charge in [0.2, 0.25) is 0 Å². The Morgan fingerprint density at radius 2 is 1.32 bits per heavy atom. The zero-order valence-electron chi connectivity index (χ0n) is 14.1. The Bertz CT molecular complexity index is 286. The van der Waals surface area contributed by atoms with Crippen molar-refractivity contribution in [3.8, 4) is 0 Å². The van der Waals surface area contributed by atoms with Gasteiger partial charge in [-0.05, 0) is 82.6 Å². The van der Waals surface area contributed by atoms with Crippen LogP contribution in [-0.2, 0) is 0 Å². The number of rotatable bonds is 1. The third-order valence-corrected chi connectivity index (χ3v) is 5.84. The summed E-state index contributed by atoms with van der Waals surface area (Å²) in [5.74, 6) is 2.97. The van der Waals surface area contributed by atoms with Crippen LogP contribution in [0.4, 0.5) is 0 Å². The van der Waals surface area contributed by atoms with E-state index in [-0.39, 0.29) is 0 Å². The Kier molecular flexibility index (Phi) is 4.35. The van der Waals surface area contributed by atoms with Crippen LogP contribution < -0.4 is 0 Å². The standard InChI is InChI=1S/C18H35N/c1-17(2,3)16-9-7-14(8-10-16)15-11-12-19(13-15)18(4,5)6/h14-16H,7-13H2,1-6H3. The first-order valence-electron chi connectivity index (χ1n) is 8.43. The molecule has 1 aliphatic carbocycles. The Morgan fingerprint density at radius 1 is 0.737 bits per heavy atom. The fourth-order valence-corrected chi connectivity index (χ4v) is 4.24. The molecule has 1 saturated heterocycles. The molecule has 1 heterocycles. The minimum Gasteiger partial charge on any atom is -0.298 e. The molecule has 0 radical (unpaired) electrons. The minimum atomic E-state index is 0.372.